The molecule has 0 saturated carbocycles. The number of nitrogens with zero attached hydrogens (tertiary/aromatic N) is 1. The Morgan fingerprint density at radius 2 is 1.72 bits per heavy atom. The molecule has 0 aliphatic rings. The number of amides is 2. The number of carbonyl (C=O) groups is 3. The van der Waals surface area contributed by atoms with E-state index in [9.17, 15) is 14.4 Å². The number of rotatable bonds is 9. The quantitative estimate of drug-likeness (QED) is 0.635. The van der Waals surface area contributed by atoms with Crippen molar-refractivity contribution in [2.75, 3.05) is 30.9 Å². The fourth-order valence-corrected chi connectivity index (χ4v) is 2.73. The highest BCUT2D eigenvalue weighted by Gasteiger charge is 2.15. The van der Waals surface area contributed by atoms with Crippen molar-refractivity contribution < 1.29 is 19.1 Å². The van der Waals surface area contributed by atoms with Crippen LogP contribution in [-0.2, 0) is 20.9 Å². The number of hydrogen-bond donors (Lipinski definition) is 2. The molecule has 154 valence electrons. The molecule has 0 fully saturated rings. The van der Waals surface area contributed by atoms with Gasteiger partial charge in [-0.05, 0) is 30.7 Å². The lowest BCUT2D eigenvalue weighted by Crippen LogP contribution is -2.25. The van der Waals surface area contributed by atoms with Gasteiger partial charge < -0.3 is 20.3 Å². The molecule has 2 amide bonds. The Balaban J connectivity index is 2.07. The van der Waals surface area contributed by atoms with Crippen LogP contribution in [0.2, 0.25) is 0 Å². The summed E-state index contributed by atoms with van der Waals surface area (Å²) < 4.78 is 4.82. The predicted molar refractivity (Wildman–Crippen MR) is 113 cm³/mol. The summed E-state index contributed by atoms with van der Waals surface area (Å²) in [4.78, 5) is 38.1. The molecule has 2 rings (SSSR count). The van der Waals surface area contributed by atoms with Crippen molar-refractivity contribution in [2.24, 2.45) is 0 Å². The third kappa shape index (κ3) is 6.95. The van der Waals surface area contributed by atoms with E-state index in [-0.39, 0.29) is 31.3 Å². The first-order chi connectivity index (χ1) is 13.9. The van der Waals surface area contributed by atoms with Gasteiger partial charge in [0.25, 0.3) is 5.91 Å². The Hall–Kier alpha value is -3.35. The van der Waals surface area contributed by atoms with E-state index in [4.69, 9.17) is 4.74 Å². The average Bonchev–Trinajstić information content (AvgIpc) is 2.71. The van der Waals surface area contributed by atoms with Crippen molar-refractivity contribution in [1.29, 1.82) is 0 Å². The molecule has 7 heteroatoms. The molecule has 0 aromatic heterocycles. The molecule has 0 bridgehead atoms. The molecule has 0 saturated heterocycles. The normalized spacial score (nSPS) is 10.2. The molecule has 0 aliphatic carbocycles. The van der Waals surface area contributed by atoms with E-state index in [0.717, 1.165) is 11.3 Å². The number of nitrogens with one attached hydrogen (secondary N) is 2. The summed E-state index contributed by atoms with van der Waals surface area (Å²) in [6, 6.07) is 14.8. The van der Waals surface area contributed by atoms with E-state index >= 15 is 0 Å². The van der Waals surface area contributed by atoms with Crippen LogP contribution in [-0.4, -0.2) is 38.5 Å². The highest BCUT2D eigenvalue weighted by atomic mass is 16.5. The Bertz CT molecular complexity index is 850. The molecule has 2 N–H and O–H groups in total. The Morgan fingerprint density at radius 3 is 2.38 bits per heavy atom. The number of ether oxygens (including phenoxy) is 1. The Kier molecular flexibility index (Phi) is 8.21. The first-order valence-corrected chi connectivity index (χ1v) is 9.49. The SMILES string of the molecule is CCOC(=O)CCC(=O)Nc1ccc(N(C)C)c(C(=O)NCc2ccccc2)c1. The number of anilines is 2. The summed E-state index contributed by atoms with van der Waals surface area (Å²) in [6.07, 6.45) is 0.0314. The maximum atomic E-state index is 12.8. The van der Waals surface area contributed by atoms with E-state index in [1.165, 1.54) is 0 Å². The second-order valence-corrected chi connectivity index (χ2v) is 6.65. The highest BCUT2D eigenvalue weighted by Crippen LogP contribution is 2.23. The lowest BCUT2D eigenvalue weighted by Gasteiger charge is -2.18. The molecular weight excluding hydrogens is 370 g/mol. The summed E-state index contributed by atoms with van der Waals surface area (Å²) in [6.45, 7) is 2.41. The van der Waals surface area contributed by atoms with Crippen LogP contribution in [0.15, 0.2) is 48.5 Å². The van der Waals surface area contributed by atoms with Gasteiger partial charge in [-0.25, -0.2) is 0 Å². The maximum Gasteiger partial charge on any atom is 0.306 e. The van der Waals surface area contributed by atoms with Crippen LogP contribution in [0.4, 0.5) is 11.4 Å². The Morgan fingerprint density at radius 1 is 1.00 bits per heavy atom. The molecule has 29 heavy (non-hydrogen) atoms. The summed E-state index contributed by atoms with van der Waals surface area (Å²) in [7, 11) is 3.70. The van der Waals surface area contributed by atoms with Gasteiger partial charge in [0.15, 0.2) is 0 Å². The van der Waals surface area contributed by atoms with Crippen molar-refractivity contribution in [3.8, 4) is 0 Å². The van der Waals surface area contributed by atoms with Crippen LogP contribution < -0.4 is 15.5 Å². The van der Waals surface area contributed by atoms with Crippen molar-refractivity contribution in [1.82, 2.24) is 5.32 Å². The van der Waals surface area contributed by atoms with Gasteiger partial charge in [-0.2, -0.15) is 0 Å². The molecule has 0 atom stereocenters. The van der Waals surface area contributed by atoms with Gasteiger partial charge in [0.05, 0.1) is 18.6 Å². The van der Waals surface area contributed by atoms with E-state index in [1.807, 2.05) is 49.3 Å². The number of carbonyl (C=O) groups excluding carboxylic acids is 3. The minimum absolute atomic E-state index is 0.0138. The zero-order valence-corrected chi connectivity index (χ0v) is 17.0. The lowest BCUT2D eigenvalue weighted by molar-refractivity contribution is -0.144. The van der Waals surface area contributed by atoms with Gasteiger partial charge >= 0.3 is 5.97 Å². The summed E-state index contributed by atoms with van der Waals surface area (Å²) in [5, 5.41) is 5.64. The van der Waals surface area contributed by atoms with Gasteiger partial charge in [0, 0.05) is 38.4 Å². The number of benzene rings is 2. The minimum Gasteiger partial charge on any atom is -0.466 e. The minimum atomic E-state index is -0.411. The summed E-state index contributed by atoms with van der Waals surface area (Å²) >= 11 is 0. The summed E-state index contributed by atoms with van der Waals surface area (Å²) in [5.74, 6) is -0.960. The van der Waals surface area contributed by atoms with Crippen LogP contribution in [0.5, 0.6) is 0 Å². The highest BCUT2D eigenvalue weighted by molar-refractivity contribution is 6.02. The third-order valence-electron chi connectivity index (χ3n) is 4.16. The van der Waals surface area contributed by atoms with E-state index < -0.39 is 5.97 Å². The largest absolute Gasteiger partial charge is 0.466 e. The lowest BCUT2D eigenvalue weighted by atomic mass is 10.1. The van der Waals surface area contributed by atoms with E-state index in [2.05, 4.69) is 10.6 Å². The molecule has 0 unspecified atom stereocenters. The second kappa shape index (κ2) is 10.8. The molecular formula is C22H27N3O4. The fraction of sp³-hybridized carbons (Fsp3) is 0.318. The zero-order valence-electron chi connectivity index (χ0n) is 17.0. The molecule has 0 spiro atoms. The van der Waals surface area contributed by atoms with Crippen molar-refractivity contribution >= 4 is 29.2 Å². The molecule has 0 heterocycles. The number of esters is 1. The van der Waals surface area contributed by atoms with Gasteiger partial charge in [-0.1, -0.05) is 30.3 Å². The van der Waals surface area contributed by atoms with E-state index in [1.54, 1.807) is 25.1 Å². The molecule has 0 radical (unpaired) electrons. The standard InChI is InChI=1S/C22H27N3O4/c1-4-29-21(27)13-12-20(26)24-17-10-11-19(25(2)3)18(14-17)22(28)23-15-16-8-6-5-7-9-16/h5-11,14H,4,12-13,15H2,1-3H3,(H,23,28)(H,24,26). The molecule has 0 aliphatic heterocycles. The van der Waals surface area contributed by atoms with Gasteiger partial charge in [-0.15, -0.1) is 0 Å². The molecule has 2 aromatic rings. The first kappa shape index (κ1) is 21.9. The maximum absolute atomic E-state index is 12.8. The second-order valence-electron chi connectivity index (χ2n) is 6.65. The summed E-state index contributed by atoms with van der Waals surface area (Å²) in [5.41, 5.74) is 2.68. The van der Waals surface area contributed by atoms with Crippen molar-refractivity contribution in [2.45, 2.75) is 26.3 Å². The van der Waals surface area contributed by atoms with Crippen LogP contribution in [0.1, 0.15) is 35.7 Å². The van der Waals surface area contributed by atoms with Gasteiger partial charge in [0.1, 0.15) is 0 Å². The van der Waals surface area contributed by atoms with Crippen LogP contribution in [0.3, 0.4) is 0 Å². The topological polar surface area (TPSA) is 87.7 Å². The third-order valence-corrected chi connectivity index (χ3v) is 4.16. The predicted octanol–water partition coefficient (Wildman–Crippen LogP) is 2.96. The Labute approximate surface area is 171 Å². The van der Waals surface area contributed by atoms with Crippen LogP contribution in [0.25, 0.3) is 0 Å². The fourth-order valence-electron chi connectivity index (χ4n) is 2.73. The van der Waals surface area contributed by atoms with Crippen molar-refractivity contribution in [3.63, 3.8) is 0 Å². The first-order valence-electron chi connectivity index (χ1n) is 9.49. The smallest absolute Gasteiger partial charge is 0.306 e. The number of hydrogen-bond acceptors (Lipinski definition) is 5. The van der Waals surface area contributed by atoms with Gasteiger partial charge in [-0.3, -0.25) is 14.4 Å². The van der Waals surface area contributed by atoms with E-state index in [0.29, 0.717) is 17.8 Å². The molecule has 7 nitrogen and oxygen atoms in total. The molecule has 2 aromatic carbocycles. The van der Waals surface area contributed by atoms with Gasteiger partial charge in [0.2, 0.25) is 5.91 Å². The van der Waals surface area contributed by atoms with Crippen molar-refractivity contribution in [3.05, 3.63) is 59.7 Å². The van der Waals surface area contributed by atoms with Crippen LogP contribution >= 0.6 is 0 Å². The zero-order chi connectivity index (χ0) is 21.2. The monoisotopic (exact) mass is 397 g/mol. The van der Waals surface area contributed by atoms with Crippen LogP contribution in [0, 0.1) is 0 Å². The average molecular weight is 397 g/mol.